The van der Waals surface area contributed by atoms with E-state index in [1.807, 2.05) is 24.3 Å². The van der Waals surface area contributed by atoms with Gasteiger partial charge in [0.1, 0.15) is 0 Å². The van der Waals surface area contributed by atoms with Gasteiger partial charge in [-0.1, -0.05) is 88.0 Å². The van der Waals surface area contributed by atoms with Gasteiger partial charge in [-0.05, 0) is 63.9 Å². The summed E-state index contributed by atoms with van der Waals surface area (Å²) in [4.78, 5) is 0. The number of halogens is 6. The van der Waals surface area contributed by atoms with Crippen molar-refractivity contribution in [3.05, 3.63) is 90.2 Å². The molecule has 4 aromatic rings. The van der Waals surface area contributed by atoms with Crippen molar-refractivity contribution in [2.75, 3.05) is 0 Å². The lowest BCUT2D eigenvalue weighted by Gasteiger charge is -2.15. The molecule has 140 valence electrons. The van der Waals surface area contributed by atoms with E-state index in [2.05, 4.69) is 88.0 Å². The van der Waals surface area contributed by atoms with Gasteiger partial charge in [-0.3, -0.25) is 0 Å². The van der Waals surface area contributed by atoms with Crippen molar-refractivity contribution in [2.45, 2.75) is 0 Å². The molecule has 0 spiro atoms. The first kappa shape index (κ1) is 20.2. The third kappa shape index (κ3) is 3.72. The average molecular weight is 632 g/mol. The van der Waals surface area contributed by atoms with Crippen LogP contribution in [0.5, 0.6) is 0 Å². The fraction of sp³-hybridized carbons (Fsp3) is 0. The second kappa shape index (κ2) is 7.98. The highest BCUT2D eigenvalue weighted by atomic mass is 79.9. The van der Waals surface area contributed by atoms with Gasteiger partial charge >= 0.3 is 0 Å². The number of rotatable bonds is 2. The Labute approximate surface area is 194 Å². The van der Waals surface area contributed by atoms with Gasteiger partial charge in [0.2, 0.25) is 0 Å². The first-order valence-corrected chi connectivity index (χ1v) is 11.3. The summed E-state index contributed by atoms with van der Waals surface area (Å²) in [6, 6.07) is 18.5. The van der Waals surface area contributed by atoms with Crippen LogP contribution in [0.2, 0.25) is 0 Å². The number of hydrogen-bond acceptors (Lipinski definition) is 0. The Hall–Kier alpha value is -1.08. The molecule has 4 rings (SSSR count). The minimum absolute atomic E-state index is 0.484. The lowest BCUT2D eigenvalue weighted by Crippen LogP contribution is -1.91. The Bertz CT molecular complexity index is 1240. The van der Waals surface area contributed by atoms with Gasteiger partial charge in [0.25, 0.3) is 0 Å². The van der Waals surface area contributed by atoms with Crippen molar-refractivity contribution >= 4 is 74.5 Å². The molecule has 0 fully saturated rings. The van der Waals surface area contributed by atoms with Crippen molar-refractivity contribution in [3.63, 3.8) is 0 Å². The van der Waals surface area contributed by atoms with Crippen LogP contribution in [0.25, 0.3) is 33.0 Å². The monoisotopic (exact) mass is 628 g/mol. The highest BCUT2D eigenvalue weighted by molar-refractivity contribution is 9.11. The molecule has 0 amide bonds. The van der Waals surface area contributed by atoms with E-state index >= 15 is 0 Å². The SMILES string of the molecule is Fc1cc(Br)c(-c2cc(-c3cc4ccccc4cc3Br)c(Br)cc2Br)cc1F. The molecule has 0 saturated heterocycles. The highest BCUT2D eigenvalue weighted by Crippen LogP contribution is 2.43. The number of benzene rings is 4. The molecule has 0 N–H and O–H groups in total. The summed E-state index contributed by atoms with van der Waals surface area (Å²) >= 11 is 14.2. The van der Waals surface area contributed by atoms with Crippen LogP contribution in [-0.4, -0.2) is 0 Å². The molecule has 0 unspecified atom stereocenters. The van der Waals surface area contributed by atoms with Gasteiger partial charge in [0.15, 0.2) is 11.6 Å². The van der Waals surface area contributed by atoms with Gasteiger partial charge in [-0.2, -0.15) is 0 Å². The van der Waals surface area contributed by atoms with Crippen molar-refractivity contribution in [3.8, 4) is 22.3 Å². The zero-order valence-electron chi connectivity index (χ0n) is 14.0. The maximum Gasteiger partial charge on any atom is 0.159 e. The Morgan fingerprint density at radius 3 is 1.54 bits per heavy atom. The Morgan fingerprint density at radius 2 is 0.893 bits per heavy atom. The predicted octanol–water partition coefficient (Wildman–Crippen LogP) is 9.50. The molecular formula is C22H10Br4F2. The molecule has 0 heterocycles. The van der Waals surface area contributed by atoms with Gasteiger partial charge in [-0.25, -0.2) is 8.78 Å². The van der Waals surface area contributed by atoms with Crippen LogP contribution in [0.3, 0.4) is 0 Å². The van der Waals surface area contributed by atoms with E-state index in [4.69, 9.17) is 0 Å². The third-order valence-electron chi connectivity index (χ3n) is 4.48. The molecule has 28 heavy (non-hydrogen) atoms. The smallest absolute Gasteiger partial charge is 0.159 e. The minimum Gasteiger partial charge on any atom is -0.204 e. The summed E-state index contributed by atoms with van der Waals surface area (Å²) in [6.45, 7) is 0. The van der Waals surface area contributed by atoms with Crippen LogP contribution >= 0.6 is 63.7 Å². The van der Waals surface area contributed by atoms with Crippen LogP contribution in [0.15, 0.2) is 78.6 Å². The first-order chi connectivity index (χ1) is 13.3. The van der Waals surface area contributed by atoms with Crippen molar-refractivity contribution in [2.24, 2.45) is 0 Å². The van der Waals surface area contributed by atoms with Crippen LogP contribution in [-0.2, 0) is 0 Å². The van der Waals surface area contributed by atoms with E-state index in [1.165, 1.54) is 6.07 Å². The zero-order valence-corrected chi connectivity index (χ0v) is 20.4. The fourth-order valence-corrected chi connectivity index (χ4v) is 5.63. The predicted molar refractivity (Wildman–Crippen MR) is 126 cm³/mol. The summed E-state index contributed by atoms with van der Waals surface area (Å²) < 4.78 is 30.5. The minimum atomic E-state index is -0.888. The lowest BCUT2D eigenvalue weighted by molar-refractivity contribution is 0.508. The van der Waals surface area contributed by atoms with Crippen LogP contribution in [0, 0.1) is 11.6 Å². The Kier molecular flexibility index (Phi) is 5.76. The van der Waals surface area contributed by atoms with Crippen molar-refractivity contribution < 1.29 is 8.78 Å². The molecule has 6 heteroatoms. The standard InChI is InChI=1S/C22H10Br4F2/c23-17-6-12-4-2-1-3-11(12)5-13(17)14-7-15(19(25)9-18(14)24)16-8-21(27)22(28)10-20(16)26/h1-10H. The quantitative estimate of drug-likeness (QED) is 0.193. The van der Waals surface area contributed by atoms with E-state index in [0.717, 1.165) is 46.9 Å². The van der Waals surface area contributed by atoms with E-state index in [9.17, 15) is 8.78 Å². The second-order valence-corrected chi connectivity index (χ2v) is 9.65. The van der Waals surface area contributed by atoms with E-state index in [0.29, 0.717) is 10.0 Å². The summed E-state index contributed by atoms with van der Waals surface area (Å²) in [7, 11) is 0. The fourth-order valence-electron chi connectivity index (χ4n) is 3.11. The van der Waals surface area contributed by atoms with Crippen LogP contribution in [0.1, 0.15) is 0 Å². The second-order valence-electron chi connectivity index (χ2n) is 6.24. The summed E-state index contributed by atoms with van der Waals surface area (Å²) in [6.07, 6.45) is 0. The molecule has 0 radical (unpaired) electrons. The third-order valence-corrected chi connectivity index (χ3v) is 7.11. The van der Waals surface area contributed by atoms with E-state index in [1.54, 1.807) is 0 Å². The van der Waals surface area contributed by atoms with Crippen LogP contribution in [0.4, 0.5) is 8.78 Å². The van der Waals surface area contributed by atoms with Gasteiger partial charge < -0.3 is 0 Å². The number of hydrogen-bond donors (Lipinski definition) is 0. The van der Waals surface area contributed by atoms with Gasteiger partial charge in [0.05, 0.1) is 0 Å². The van der Waals surface area contributed by atoms with Crippen LogP contribution < -0.4 is 0 Å². The summed E-state index contributed by atoms with van der Waals surface area (Å²) in [5.41, 5.74) is 3.26. The lowest BCUT2D eigenvalue weighted by atomic mass is 9.97. The maximum atomic E-state index is 13.9. The van der Waals surface area contributed by atoms with Crippen molar-refractivity contribution in [1.82, 2.24) is 0 Å². The van der Waals surface area contributed by atoms with Crippen molar-refractivity contribution in [1.29, 1.82) is 0 Å². The normalized spacial score (nSPS) is 11.2. The molecular weight excluding hydrogens is 622 g/mol. The zero-order chi connectivity index (χ0) is 20.0. The summed E-state index contributed by atoms with van der Waals surface area (Å²) in [5, 5.41) is 2.25. The molecule has 4 aromatic carbocycles. The topological polar surface area (TPSA) is 0 Å². The summed E-state index contributed by atoms with van der Waals surface area (Å²) in [5.74, 6) is -1.78. The molecule has 0 atom stereocenters. The molecule has 0 nitrogen and oxygen atoms in total. The van der Waals surface area contributed by atoms with E-state index in [-0.39, 0.29) is 0 Å². The van der Waals surface area contributed by atoms with E-state index < -0.39 is 11.6 Å². The van der Waals surface area contributed by atoms with Gasteiger partial charge in [0, 0.05) is 23.5 Å². The molecule has 0 aliphatic heterocycles. The Balaban J connectivity index is 1.97. The van der Waals surface area contributed by atoms with Gasteiger partial charge in [-0.15, -0.1) is 0 Å². The first-order valence-electron chi connectivity index (χ1n) is 8.18. The average Bonchev–Trinajstić information content (AvgIpc) is 2.65. The molecule has 0 saturated carbocycles. The molecule has 0 aliphatic carbocycles. The molecule has 0 aliphatic rings. The highest BCUT2D eigenvalue weighted by Gasteiger charge is 2.17. The largest absolute Gasteiger partial charge is 0.204 e. The molecule has 0 aromatic heterocycles. The maximum absolute atomic E-state index is 13.9. The number of fused-ring (bicyclic) bond motifs is 1. The molecule has 0 bridgehead atoms. The Morgan fingerprint density at radius 1 is 0.464 bits per heavy atom.